The Morgan fingerprint density at radius 1 is 0.933 bits per heavy atom. The molecule has 0 heterocycles. The van der Waals surface area contributed by atoms with Crippen LogP contribution >= 0.6 is 12.2 Å². The Morgan fingerprint density at radius 3 is 2.03 bits per heavy atom. The molecule has 2 rings (SSSR count). The van der Waals surface area contributed by atoms with Gasteiger partial charge in [-0.15, -0.1) is 0 Å². The third-order valence-corrected chi connectivity index (χ3v) is 4.17. The second kappa shape index (κ2) is 11.0. The number of hydrogen-bond donors (Lipinski definition) is 2. The number of anilines is 1. The summed E-state index contributed by atoms with van der Waals surface area (Å²) in [5.74, 6) is 0.251. The lowest BCUT2D eigenvalue weighted by atomic mass is 10.1. The van der Waals surface area contributed by atoms with E-state index in [4.69, 9.17) is 31.2 Å². The fourth-order valence-electron chi connectivity index (χ4n) is 2.52. The molecule has 0 aliphatic heterocycles. The van der Waals surface area contributed by atoms with Gasteiger partial charge in [0.2, 0.25) is 5.75 Å². The van der Waals surface area contributed by atoms with Gasteiger partial charge in [0.05, 0.1) is 33.5 Å². The highest BCUT2D eigenvalue weighted by molar-refractivity contribution is 7.80. The molecule has 0 aliphatic rings. The molecule has 160 valence electrons. The van der Waals surface area contributed by atoms with Crippen LogP contribution in [0.1, 0.15) is 34.1 Å². The first-order chi connectivity index (χ1) is 14.4. The molecule has 0 atom stereocenters. The first-order valence-electron chi connectivity index (χ1n) is 9.13. The molecule has 2 N–H and O–H groups in total. The maximum absolute atomic E-state index is 12.6. The van der Waals surface area contributed by atoms with Crippen molar-refractivity contribution >= 4 is 34.9 Å². The topological polar surface area (TPSA) is 95.1 Å². The highest BCUT2D eigenvalue weighted by Gasteiger charge is 2.17. The molecular weight excluding hydrogens is 408 g/mol. The molecule has 8 nitrogen and oxygen atoms in total. The summed E-state index contributed by atoms with van der Waals surface area (Å²) in [5, 5.41) is 5.57. The quantitative estimate of drug-likeness (QED) is 0.484. The van der Waals surface area contributed by atoms with Gasteiger partial charge in [0.15, 0.2) is 16.6 Å². The third-order valence-electron chi connectivity index (χ3n) is 3.97. The zero-order valence-electron chi connectivity index (χ0n) is 17.2. The van der Waals surface area contributed by atoms with Gasteiger partial charge in [-0.1, -0.05) is 6.92 Å². The molecule has 2 aromatic rings. The zero-order chi connectivity index (χ0) is 22.1. The second-order valence-electron chi connectivity index (χ2n) is 6.04. The second-order valence-corrected chi connectivity index (χ2v) is 6.44. The van der Waals surface area contributed by atoms with Gasteiger partial charge >= 0.3 is 5.97 Å². The summed E-state index contributed by atoms with van der Waals surface area (Å²) < 4.78 is 20.8. The van der Waals surface area contributed by atoms with E-state index in [-0.39, 0.29) is 16.6 Å². The number of carbonyl (C=O) groups excluding carboxylic acids is 2. The van der Waals surface area contributed by atoms with Crippen LogP contribution in [-0.2, 0) is 4.74 Å². The summed E-state index contributed by atoms with van der Waals surface area (Å²) in [6.45, 7) is 2.30. The Balaban J connectivity index is 2.04. The van der Waals surface area contributed by atoms with Gasteiger partial charge in [-0.05, 0) is 55.0 Å². The van der Waals surface area contributed by atoms with Gasteiger partial charge in [0.25, 0.3) is 5.91 Å². The highest BCUT2D eigenvalue weighted by Crippen LogP contribution is 2.38. The highest BCUT2D eigenvalue weighted by atomic mass is 32.1. The standard InChI is InChI=1S/C21H24N2O6S/c1-5-10-29-20(25)13-6-8-15(9-7-13)22-21(30)23-19(24)14-11-16(26-2)18(28-4)17(12-14)27-3/h6-9,11-12H,5,10H2,1-4H3,(H2,22,23,24,30). The van der Waals surface area contributed by atoms with Gasteiger partial charge in [-0.3, -0.25) is 10.1 Å². The molecule has 9 heteroatoms. The van der Waals surface area contributed by atoms with Gasteiger partial charge in [0, 0.05) is 11.3 Å². The number of methoxy groups -OCH3 is 3. The van der Waals surface area contributed by atoms with E-state index in [0.717, 1.165) is 6.42 Å². The van der Waals surface area contributed by atoms with Crippen molar-refractivity contribution < 1.29 is 28.5 Å². The van der Waals surface area contributed by atoms with Crippen molar-refractivity contribution in [3.8, 4) is 17.2 Å². The zero-order valence-corrected chi connectivity index (χ0v) is 18.1. The molecule has 30 heavy (non-hydrogen) atoms. The van der Waals surface area contributed by atoms with Crippen LogP contribution < -0.4 is 24.8 Å². The molecule has 0 aromatic heterocycles. The fourth-order valence-corrected chi connectivity index (χ4v) is 2.73. The molecule has 0 unspecified atom stereocenters. The lowest BCUT2D eigenvalue weighted by Crippen LogP contribution is -2.34. The van der Waals surface area contributed by atoms with Crippen molar-refractivity contribution in [2.75, 3.05) is 33.3 Å². The van der Waals surface area contributed by atoms with Gasteiger partial charge < -0.3 is 24.3 Å². The van der Waals surface area contributed by atoms with Gasteiger partial charge in [-0.2, -0.15) is 0 Å². The molecule has 0 saturated heterocycles. The number of nitrogens with one attached hydrogen (secondary N) is 2. The molecule has 0 saturated carbocycles. The number of thiocarbonyl (C=S) groups is 1. The first-order valence-corrected chi connectivity index (χ1v) is 9.53. The smallest absolute Gasteiger partial charge is 0.338 e. The summed E-state index contributed by atoms with van der Waals surface area (Å²) in [7, 11) is 4.41. The number of benzene rings is 2. The van der Waals surface area contributed by atoms with Crippen LogP contribution in [-0.4, -0.2) is 44.9 Å². The van der Waals surface area contributed by atoms with Crippen molar-refractivity contribution in [3.05, 3.63) is 47.5 Å². The van der Waals surface area contributed by atoms with Crippen LogP contribution in [0, 0.1) is 0 Å². The minimum absolute atomic E-state index is 0.0926. The van der Waals surface area contributed by atoms with Crippen molar-refractivity contribution in [1.29, 1.82) is 0 Å². The van der Waals surface area contributed by atoms with Gasteiger partial charge in [0.1, 0.15) is 0 Å². The van der Waals surface area contributed by atoms with Crippen LogP contribution in [0.5, 0.6) is 17.2 Å². The van der Waals surface area contributed by atoms with Crippen LogP contribution in [0.2, 0.25) is 0 Å². The number of ether oxygens (including phenoxy) is 4. The number of rotatable bonds is 8. The average molecular weight is 432 g/mol. The Kier molecular flexibility index (Phi) is 8.42. The third kappa shape index (κ3) is 5.84. The summed E-state index contributed by atoms with van der Waals surface area (Å²) in [4.78, 5) is 24.4. The molecule has 0 spiro atoms. The Morgan fingerprint density at radius 2 is 1.53 bits per heavy atom. The predicted molar refractivity (Wildman–Crippen MR) is 117 cm³/mol. The summed E-state index contributed by atoms with van der Waals surface area (Å²) in [6.07, 6.45) is 0.755. The molecule has 1 amide bonds. The van der Waals surface area contributed by atoms with E-state index in [1.165, 1.54) is 33.5 Å². The maximum atomic E-state index is 12.6. The Hall–Kier alpha value is -3.33. The van der Waals surface area contributed by atoms with E-state index in [9.17, 15) is 9.59 Å². The largest absolute Gasteiger partial charge is 0.493 e. The minimum atomic E-state index is -0.452. The maximum Gasteiger partial charge on any atom is 0.338 e. The van der Waals surface area contributed by atoms with E-state index in [0.29, 0.717) is 35.1 Å². The van der Waals surface area contributed by atoms with E-state index in [2.05, 4.69) is 10.6 Å². The van der Waals surface area contributed by atoms with Crippen LogP contribution in [0.25, 0.3) is 0 Å². The van der Waals surface area contributed by atoms with Crippen molar-refractivity contribution in [3.63, 3.8) is 0 Å². The predicted octanol–water partition coefficient (Wildman–Crippen LogP) is 3.41. The minimum Gasteiger partial charge on any atom is -0.493 e. The molecule has 2 aromatic carbocycles. The number of amides is 1. The molecule has 0 aliphatic carbocycles. The average Bonchev–Trinajstić information content (AvgIpc) is 2.76. The number of esters is 1. The Labute approximate surface area is 180 Å². The summed E-state index contributed by atoms with van der Waals surface area (Å²) in [6, 6.07) is 9.61. The van der Waals surface area contributed by atoms with E-state index in [1.807, 2.05) is 6.92 Å². The van der Waals surface area contributed by atoms with Crippen LogP contribution in [0.15, 0.2) is 36.4 Å². The van der Waals surface area contributed by atoms with E-state index >= 15 is 0 Å². The van der Waals surface area contributed by atoms with E-state index < -0.39 is 5.91 Å². The lowest BCUT2D eigenvalue weighted by molar-refractivity contribution is 0.0505. The van der Waals surface area contributed by atoms with Crippen LogP contribution in [0.4, 0.5) is 5.69 Å². The van der Waals surface area contributed by atoms with Crippen molar-refractivity contribution in [2.24, 2.45) is 0 Å². The Bertz CT molecular complexity index is 889. The van der Waals surface area contributed by atoms with Gasteiger partial charge in [-0.25, -0.2) is 4.79 Å². The summed E-state index contributed by atoms with van der Waals surface area (Å²) in [5.41, 5.74) is 1.32. The molecule has 0 fully saturated rings. The first kappa shape index (κ1) is 23.0. The molecular formula is C21H24N2O6S. The van der Waals surface area contributed by atoms with E-state index in [1.54, 1.807) is 24.3 Å². The number of hydrogen-bond acceptors (Lipinski definition) is 7. The summed E-state index contributed by atoms with van der Waals surface area (Å²) >= 11 is 5.20. The fraction of sp³-hybridized carbons (Fsp3) is 0.286. The normalized spacial score (nSPS) is 10.0. The monoisotopic (exact) mass is 432 g/mol. The SMILES string of the molecule is CCCOC(=O)c1ccc(NC(=S)NC(=O)c2cc(OC)c(OC)c(OC)c2)cc1. The molecule has 0 bridgehead atoms. The van der Waals surface area contributed by atoms with Crippen molar-refractivity contribution in [1.82, 2.24) is 5.32 Å². The number of carbonyl (C=O) groups is 2. The lowest BCUT2D eigenvalue weighted by Gasteiger charge is -2.14. The molecule has 0 radical (unpaired) electrons. The van der Waals surface area contributed by atoms with Crippen LogP contribution in [0.3, 0.4) is 0 Å². The van der Waals surface area contributed by atoms with Crippen molar-refractivity contribution in [2.45, 2.75) is 13.3 Å².